The first-order valence-electron chi connectivity index (χ1n) is 5.03. The van der Waals surface area contributed by atoms with Gasteiger partial charge in [-0.25, -0.2) is 4.79 Å². The van der Waals surface area contributed by atoms with E-state index in [1.165, 1.54) is 0 Å². The van der Waals surface area contributed by atoms with E-state index in [4.69, 9.17) is 5.73 Å². The summed E-state index contributed by atoms with van der Waals surface area (Å²) in [5, 5.41) is 2.62. The Kier molecular flexibility index (Phi) is 3.97. The maximum absolute atomic E-state index is 11.6. The monoisotopic (exact) mass is 207 g/mol. The van der Waals surface area contributed by atoms with Gasteiger partial charge in [0.2, 0.25) is 0 Å². The third kappa shape index (κ3) is 2.87. The number of nitrogens with one attached hydrogen (secondary N) is 1. The first kappa shape index (κ1) is 11.4. The molecule has 0 aliphatic rings. The summed E-state index contributed by atoms with van der Waals surface area (Å²) in [6, 6.07) is 7.18. The number of nitrogen functional groups attached to an aromatic ring is 1. The number of benzene rings is 1. The van der Waals surface area contributed by atoms with Crippen molar-refractivity contribution in [1.29, 1.82) is 0 Å². The highest BCUT2D eigenvalue weighted by molar-refractivity contribution is 5.91. The summed E-state index contributed by atoms with van der Waals surface area (Å²) in [4.78, 5) is 13.3. The Morgan fingerprint density at radius 3 is 2.47 bits per heavy atom. The zero-order chi connectivity index (χ0) is 11.3. The van der Waals surface area contributed by atoms with Gasteiger partial charge in [0.15, 0.2) is 0 Å². The Hall–Kier alpha value is -1.71. The van der Waals surface area contributed by atoms with Crippen molar-refractivity contribution in [2.24, 2.45) is 0 Å². The smallest absolute Gasteiger partial charge is 0.321 e. The number of hydrogen-bond donors (Lipinski definition) is 2. The summed E-state index contributed by atoms with van der Waals surface area (Å²) in [5.74, 6) is 0. The highest BCUT2D eigenvalue weighted by Crippen LogP contribution is 2.16. The fourth-order valence-corrected chi connectivity index (χ4v) is 1.36. The molecule has 0 fully saturated rings. The molecule has 0 spiro atoms. The molecule has 1 aromatic carbocycles. The number of hydrogen-bond acceptors (Lipinski definition) is 2. The van der Waals surface area contributed by atoms with Crippen LogP contribution in [0.25, 0.3) is 0 Å². The zero-order valence-electron chi connectivity index (χ0n) is 9.16. The molecule has 3 N–H and O–H groups in total. The summed E-state index contributed by atoms with van der Waals surface area (Å²) in [6.45, 7) is 2.73. The van der Waals surface area contributed by atoms with E-state index in [9.17, 15) is 4.79 Å². The van der Waals surface area contributed by atoms with Gasteiger partial charge < -0.3 is 11.1 Å². The highest BCUT2D eigenvalue weighted by atomic mass is 16.2. The standard InChI is InChI=1S/C11H17N3O/c1-3-8-14(11(15)13-2)10-6-4-9(12)5-7-10/h4-7H,3,8,12H2,1-2H3,(H,13,15). The minimum absolute atomic E-state index is 0.0957. The molecule has 1 aromatic rings. The van der Waals surface area contributed by atoms with E-state index in [0.29, 0.717) is 12.2 Å². The van der Waals surface area contributed by atoms with Crippen molar-refractivity contribution in [3.05, 3.63) is 24.3 Å². The molecule has 0 saturated heterocycles. The lowest BCUT2D eigenvalue weighted by Crippen LogP contribution is -2.38. The van der Waals surface area contributed by atoms with Gasteiger partial charge in [0.25, 0.3) is 0 Å². The fourth-order valence-electron chi connectivity index (χ4n) is 1.36. The summed E-state index contributed by atoms with van der Waals surface area (Å²) in [5.41, 5.74) is 7.16. The Morgan fingerprint density at radius 1 is 1.40 bits per heavy atom. The number of anilines is 2. The van der Waals surface area contributed by atoms with E-state index in [1.54, 1.807) is 24.1 Å². The Bertz CT molecular complexity index is 321. The van der Waals surface area contributed by atoms with Crippen LogP contribution >= 0.6 is 0 Å². The van der Waals surface area contributed by atoms with Gasteiger partial charge in [0.1, 0.15) is 0 Å². The van der Waals surface area contributed by atoms with E-state index >= 15 is 0 Å². The van der Waals surface area contributed by atoms with Crippen LogP contribution in [0.3, 0.4) is 0 Å². The number of rotatable bonds is 3. The van der Waals surface area contributed by atoms with Gasteiger partial charge in [-0.1, -0.05) is 6.92 Å². The van der Waals surface area contributed by atoms with Crippen LogP contribution in [0.1, 0.15) is 13.3 Å². The Balaban J connectivity index is 2.88. The molecule has 2 amide bonds. The van der Waals surface area contributed by atoms with Gasteiger partial charge in [-0.3, -0.25) is 4.90 Å². The van der Waals surface area contributed by atoms with Gasteiger partial charge in [-0.15, -0.1) is 0 Å². The van der Waals surface area contributed by atoms with Gasteiger partial charge >= 0.3 is 6.03 Å². The molecule has 15 heavy (non-hydrogen) atoms. The maximum Gasteiger partial charge on any atom is 0.321 e. The molecule has 0 heterocycles. The van der Waals surface area contributed by atoms with Crippen molar-refractivity contribution >= 4 is 17.4 Å². The summed E-state index contributed by atoms with van der Waals surface area (Å²) in [6.07, 6.45) is 0.914. The first-order valence-corrected chi connectivity index (χ1v) is 5.03. The maximum atomic E-state index is 11.6. The molecule has 0 aliphatic heterocycles. The van der Waals surface area contributed by atoms with Crippen LogP contribution in [0, 0.1) is 0 Å². The van der Waals surface area contributed by atoms with Crippen molar-refractivity contribution in [3.8, 4) is 0 Å². The van der Waals surface area contributed by atoms with Crippen LogP contribution < -0.4 is 16.0 Å². The minimum atomic E-state index is -0.0957. The lowest BCUT2D eigenvalue weighted by Gasteiger charge is -2.21. The SMILES string of the molecule is CCCN(C(=O)NC)c1ccc(N)cc1. The lowest BCUT2D eigenvalue weighted by atomic mass is 10.2. The Labute approximate surface area is 90.1 Å². The molecule has 4 heteroatoms. The molecular formula is C11H17N3O. The normalized spacial score (nSPS) is 9.73. The summed E-state index contributed by atoms with van der Waals surface area (Å²) < 4.78 is 0. The number of carbonyl (C=O) groups is 1. The molecule has 0 unspecified atom stereocenters. The third-order valence-corrected chi connectivity index (χ3v) is 2.11. The van der Waals surface area contributed by atoms with Crippen LogP contribution in [0.15, 0.2) is 24.3 Å². The molecule has 0 radical (unpaired) electrons. The second kappa shape index (κ2) is 5.24. The van der Waals surface area contributed by atoms with Crippen molar-refractivity contribution in [2.75, 3.05) is 24.2 Å². The van der Waals surface area contributed by atoms with Crippen molar-refractivity contribution in [3.63, 3.8) is 0 Å². The Morgan fingerprint density at radius 2 is 2.00 bits per heavy atom. The second-order valence-corrected chi connectivity index (χ2v) is 3.30. The van der Waals surface area contributed by atoms with Crippen LogP contribution in [0.4, 0.5) is 16.2 Å². The summed E-state index contributed by atoms with van der Waals surface area (Å²) in [7, 11) is 1.63. The predicted molar refractivity (Wildman–Crippen MR) is 62.9 cm³/mol. The average molecular weight is 207 g/mol. The molecule has 1 rings (SSSR count). The number of nitrogens with zero attached hydrogens (tertiary/aromatic N) is 1. The largest absolute Gasteiger partial charge is 0.399 e. The zero-order valence-corrected chi connectivity index (χ0v) is 9.16. The van der Waals surface area contributed by atoms with Gasteiger partial charge in [-0.2, -0.15) is 0 Å². The van der Waals surface area contributed by atoms with Crippen LogP contribution in [-0.4, -0.2) is 19.6 Å². The lowest BCUT2D eigenvalue weighted by molar-refractivity contribution is 0.248. The number of nitrogens with two attached hydrogens (primary N) is 1. The number of carbonyl (C=O) groups excluding carboxylic acids is 1. The van der Waals surface area contributed by atoms with E-state index in [0.717, 1.165) is 12.1 Å². The predicted octanol–water partition coefficient (Wildman–Crippen LogP) is 1.82. The number of amides is 2. The molecule has 0 aromatic heterocycles. The first-order chi connectivity index (χ1) is 7.19. The van der Waals surface area contributed by atoms with Gasteiger partial charge in [-0.05, 0) is 30.7 Å². The molecule has 82 valence electrons. The van der Waals surface area contributed by atoms with Crippen LogP contribution in [0.5, 0.6) is 0 Å². The third-order valence-electron chi connectivity index (χ3n) is 2.11. The molecular weight excluding hydrogens is 190 g/mol. The van der Waals surface area contributed by atoms with Crippen LogP contribution in [-0.2, 0) is 0 Å². The van der Waals surface area contributed by atoms with E-state index in [1.807, 2.05) is 19.1 Å². The molecule has 0 bridgehead atoms. The van der Waals surface area contributed by atoms with Gasteiger partial charge in [0, 0.05) is 25.0 Å². The van der Waals surface area contributed by atoms with E-state index < -0.39 is 0 Å². The average Bonchev–Trinajstić information content (AvgIpc) is 2.26. The molecule has 0 saturated carbocycles. The second-order valence-electron chi connectivity index (χ2n) is 3.30. The molecule has 0 aliphatic carbocycles. The highest BCUT2D eigenvalue weighted by Gasteiger charge is 2.12. The molecule has 4 nitrogen and oxygen atoms in total. The van der Waals surface area contributed by atoms with E-state index in [-0.39, 0.29) is 6.03 Å². The topological polar surface area (TPSA) is 58.4 Å². The van der Waals surface area contributed by atoms with Crippen molar-refractivity contribution in [1.82, 2.24) is 5.32 Å². The van der Waals surface area contributed by atoms with Crippen LogP contribution in [0.2, 0.25) is 0 Å². The fraction of sp³-hybridized carbons (Fsp3) is 0.364. The van der Waals surface area contributed by atoms with Crippen molar-refractivity contribution < 1.29 is 4.79 Å². The van der Waals surface area contributed by atoms with Gasteiger partial charge in [0.05, 0.1) is 0 Å². The minimum Gasteiger partial charge on any atom is -0.399 e. The quantitative estimate of drug-likeness (QED) is 0.743. The molecule has 0 atom stereocenters. The summed E-state index contributed by atoms with van der Waals surface area (Å²) >= 11 is 0. The van der Waals surface area contributed by atoms with Crippen molar-refractivity contribution in [2.45, 2.75) is 13.3 Å². The van der Waals surface area contributed by atoms with E-state index in [2.05, 4.69) is 5.32 Å². The number of urea groups is 1.